The molecule has 0 unspecified atom stereocenters. The van der Waals surface area contributed by atoms with Crippen LogP contribution in [0.25, 0.3) is 16.9 Å². The number of ether oxygens (including phenoxy) is 2. The first kappa shape index (κ1) is 15.0. The Morgan fingerprint density at radius 3 is 2.26 bits per heavy atom. The van der Waals surface area contributed by atoms with E-state index in [1.54, 1.807) is 24.3 Å². The molecule has 0 aliphatic rings. The zero-order chi connectivity index (χ0) is 16.4. The van der Waals surface area contributed by atoms with Crippen LogP contribution in [0.15, 0.2) is 48.7 Å². The summed E-state index contributed by atoms with van der Waals surface area (Å²) in [4.78, 5) is 0. The number of aromatic nitrogens is 2. The third-order valence-corrected chi connectivity index (χ3v) is 3.47. The highest BCUT2D eigenvalue weighted by atomic mass is 19.1. The van der Waals surface area contributed by atoms with E-state index < -0.39 is 11.6 Å². The Morgan fingerprint density at radius 2 is 1.61 bits per heavy atom. The lowest BCUT2D eigenvalue weighted by Crippen LogP contribution is -2.02. The molecule has 0 bridgehead atoms. The van der Waals surface area contributed by atoms with Crippen LogP contribution in [0.5, 0.6) is 11.5 Å². The molecule has 0 fully saturated rings. The first-order valence-corrected chi connectivity index (χ1v) is 6.86. The van der Waals surface area contributed by atoms with Gasteiger partial charge in [-0.05, 0) is 30.3 Å². The van der Waals surface area contributed by atoms with E-state index in [0.29, 0.717) is 22.9 Å². The number of halogens is 2. The van der Waals surface area contributed by atoms with Gasteiger partial charge >= 0.3 is 0 Å². The molecule has 0 radical (unpaired) electrons. The molecule has 23 heavy (non-hydrogen) atoms. The second-order valence-electron chi connectivity index (χ2n) is 4.76. The number of nitrogens with zero attached hydrogens (tertiary/aromatic N) is 2. The van der Waals surface area contributed by atoms with Gasteiger partial charge in [0.1, 0.15) is 11.6 Å². The van der Waals surface area contributed by atoms with Crippen molar-refractivity contribution in [1.29, 1.82) is 0 Å². The van der Waals surface area contributed by atoms with E-state index >= 15 is 0 Å². The summed E-state index contributed by atoms with van der Waals surface area (Å²) in [6.45, 7) is 0. The SMILES string of the molecule is COc1ccc(-n2nccc2-c2c(F)cccc2F)cc1OC. The van der Waals surface area contributed by atoms with Crippen molar-refractivity contribution in [2.45, 2.75) is 0 Å². The third kappa shape index (κ3) is 2.63. The fourth-order valence-electron chi connectivity index (χ4n) is 2.40. The molecule has 0 saturated carbocycles. The van der Waals surface area contributed by atoms with Gasteiger partial charge in [-0.1, -0.05) is 6.07 Å². The van der Waals surface area contributed by atoms with Gasteiger partial charge in [0, 0.05) is 6.07 Å². The Bertz CT molecular complexity index is 826. The predicted molar refractivity (Wildman–Crippen MR) is 82.0 cm³/mol. The molecule has 3 rings (SSSR count). The van der Waals surface area contributed by atoms with Crippen LogP contribution in [-0.2, 0) is 0 Å². The van der Waals surface area contributed by atoms with Crippen LogP contribution in [0.4, 0.5) is 8.78 Å². The van der Waals surface area contributed by atoms with Crippen LogP contribution in [0, 0.1) is 11.6 Å². The van der Waals surface area contributed by atoms with E-state index in [0.717, 1.165) is 0 Å². The number of hydrogen-bond acceptors (Lipinski definition) is 3. The molecule has 118 valence electrons. The second kappa shape index (κ2) is 6.08. The van der Waals surface area contributed by atoms with Gasteiger partial charge in [-0.2, -0.15) is 5.10 Å². The molecule has 6 heteroatoms. The minimum atomic E-state index is -0.646. The number of rotatable bonds is 4. The first-order valence-electron chi connectivity index (χ1n) is 6.86. The largest absolute Gasteiger partial charge is 0.493 e. The van der Waals surface area contributed by atoms with Crippen LogP contribution < -0.4 is 9.47 Å². The monoisotopic (exact) mass is 316 g/mol. The smallest absolute Gasteiger partial charge is 0.162 e. The summed E-state index contributed by atoms with van der Waals surface area (Å²) >= 11 is 0. The van der Waals surface area contributed by atoms with Crippen LogP contribution in [0.3, 0.4) is 0 Å². The minimum Gasteiger partial charge on any atom is -0.493 e. The average molecular weight is 316 g/mol. The van der Waals surface area contributed by atoms with E-state index in [1.807, 2.05) is 0 Å². The zero-order valence-electron chi connectivity index (χ0n) is 12.6. The molecular weight excluding hydrogens is 302 g/mol. The predicted octanol–water partition coefficient (Wildman–Crippen LogP) is 3.83. The maximum Gasteiger partial charge on any atom is 0.162 e. The molecule has 3 aromatic rings. The normalized spacial score (nSPS) is 10.6. The van der Waals surface area contributed by atoms with Gasteiger partial charge in [-0.15, -0.1) is 0 Å². The molecule has 0 aliphatic carbocycles. The summed E-state index contributed by atoms with van der Waals surface area (Å²) in [5, 5.41) is 4.16. The fourth-order valence-corrected chi connectivity index (χ4v) is 2.40. The quantitative estimate of drug-likeness (QED) is 0.734. The van der Waals surface area contributed by atoms with Gasteiger partial charge in [0.2, 0.25) is 0 Å². The van der Waals surface area contributed by atoms with Crippen molar-refractivity contribution < 1.29 is 18.3 Å². The third-order valence-electron chi connectivity index (χ3n) is 3.47. The molecule has 2 aromatic carbocycles. The van der Waals surface area contributed by atoms with Crippen molar-refractivity contribution in [3.63, 3.8) is 0 Å². The van der Waals surface area contributed by atoms with Crippen LogP contribution >= 0.6 is 0 Å². The van der Waals surface area contributed by atoms with Crippen LogP contribution in [0.1, 0.15) is 0 Å². The highest BCUT2D eigenvalue weighted by Crippen LogP contribution is 2.32. The first-order chi connectivity index (χ1) is 11.2. The van der Waals surface area contributed by atoms with E-state index in [-0.39, 0.29) is 5.56 Å². The molecule has 0 atom stereocenters. The molecule has 0 spiro atoms. The Kier molecular flexibility index (Phi) is 3.97. The van der Waals surface area contributed by atoms with E-state index in [1.165, 1.54) is 43.3 Å². The summed E-state index contributed by atoms with van der Waals surface area (Å²) in [5.74, 6) is -0.234. The van der Waals surface area contributed by atoms with Gasteiger partial charge in [0.25, 0.3) is 0 Å². The number of methoxy groups -OCH3 is 2. The van der Waals surface area contributed by atoms with Crippen molar-refractivity contribution >= 4 is 0 Å². The minimum absolute atomic E-state index is 0.125. The number of hydrogen-bond donors (Lipinski definition) is 0. The second-order valence-corrected chi connectivity index (χ2v) is 4.76. The van der Waals surface area contributed by atoms with Gasteiger partial charge in [-0.3, -0.25) is 0 Å². The standard InChI is InChI=1S/C17H14F2N2O2/c1-22-15-7-6-11(10-16(15)23-2)21-14(8-9-20-21)17-12(18)4-3-5-13(17)19/h3-10H,1-2H3. The Morgan fingerprint density at radius 1 is 0.913 bits per heavy atom. The maximum atomic E-state index is 14.0. The van der Waals surface area contributed by atoms with E-state index in [9.17, 15) is 8.78 Å². The van der Waals surface area contributed by atoms with Crippen LogP contribution in [0.2, 0.25) is 0 Å². The molecule has 0 aliphatic heterocycles. The van der Waals surface area contributed by atoms with E-state index in [2.05, 4.69) is 5.10 Å². The van der Waals surface area contributed by atoms with Gasteiger partial charge in [0.15, 0.2) is 11.5 Å². The van der Waals surface area contributed by atoms with Gasteiger partial charge < -0.3 is 9.47 Å². The van der Waals surface area contributed by atoms with Crippen molar-refractivity contribution in [3.8, 4) is 28.4 Å². The van der Waals surface area contributed by atoms with Crippen molar-refractivity contribution in [2.75, 3.05) is 14.2 Å². The van der Waals surface area contributed by atoms with Gasteiger partial charge in [0.05, 0.1) is 37.4 Å². The molecule has 0 saturated heterocycles. The average Bonchev–Trinajstić information content (AvgIpc) is 3.03. The van der Waals surface area contributed by atoms with Crippen molar-refractivity contribution in [2.24, 2.45) is 0 Å². The summed E-state index contributed by atoms with van der Waals surface area (Å²) in [6.07, 6.45) is 1.48. The van der Waals surface area contributed by atoms with Crippen LogP contribution in [-0.4, -0.2) is 24.0 Å². The van der Waals surface area contributed by atoms with Gasteiger partial charge in [-0.25, -0.2) is 13.5 Å². The molecule has 4 nitrogen and oxygen atoms in total. The lowest BCUT2D eigenvalue weighted by molar-refractivity contribution is 0.355. The van der Waals surface area contributed by atoms with E-state index in [4.69, 9.17) is 9.47 Å². The van der Waals surface area contributed by atoms with Crippen molar-refractivity contribution in [3.05, 3.63) is 60.3 Å². The lowest BCUT2D eigenvalue weighted by Gasteiger charge is -2.12. The summed E-state index contributed by atoms with van der Waals surface area (Å²) in [7, 11) is 3.05. The highest BCUT2D eigenvalue weighted by molar-refractivity contribution is 5.64. The fraction of sp³-hybridized carbons (Fsp3) is 0.118. The molecular formula is C17H14F2N2O2. The molecule has 0 N–H and O–H groups in total. The summed E-state index contributed by atoms with van der Waals surface area (Å²) in [5.41, 5.74) is 0.790. The highest BCUT2D eigenvalue weighted by Gasteiger charge is 2.17. The summed E-state index contributed by atoms with van der Waals surface area (Å²) in [6, 6.07) is 10.4. The molecule has 1 aromatic heterocycles. The Hall–Kier alpha value is -2.89. The molecule has 1 heterocycles. The molecule has 0 amide bonds. The maximum absolute atomic E-state index is 14.0. The topological polar surface area (TPSA) is 36.3 Å². The summed E-state index contributed by atoms with van der Waals surface area (Å²) < 4.78 is 40.0. The zero-order valence-corrected chi connectivity index (χ0v) is 12.6. The lowest BCUT2D eigenvalue weighted by atomic mass is 10.1. The Balaban J connectivity index is 2.15. The van der Waals surface area contributed by atoms with Crippen molar-refractivity contribution in [1.82, 2.24) is 9.78 Å². The number of benzene rings is 2. The Labute approximate surface area is 131 Å².